The minimum absolute atomic E-state index is 0.0380. The third-order valence-electron chi connectivity index (χ3n) is 11.5. The lowest BCUT2D eigenvalue weighted by Gasteiger charge is -2.24. The molecule has 3 atom stereocenters. The molecule has 0 saturated carbocycles. The lowest BCUT2D eigenvalue weighted by molar-refractivity contribution is -0.151. The van der Waals surface area contributed by atoms with E-state index in [1.165, 1.54) is 96.3 Å². The number of esters is 1. The van der Waals surface area contributed by atoms with E-state index in [0.29, 0.717) is 19.3 Å². The van der Waals surface area contributed by atoms with Crippen LogP contribution in [-0.4, -0.2) is 46.9 Å². The molecular formula is C57H99NO5. The molecule has 0 aliphatic rings. The normalized spacial score (nSPS) is 13.9. The van der Waals surface area contributed by atoms with Crippen LogP contribution in [0.15, 0.2) is 85.1 Å². The molecule has 0 aromatic carbocycles. The standard InChI is InChI=1S/C57H99NO5/c1-4-7-10-13-16-19-22-24-26-27-28-30-32-35-38-41-44-47-50-57(62)63-53(48-45-42-39-36-34-31-29-25-23-20-17-14-11-8-5-2)51-56(61)58-54(52-59)55(60)49-46-43-40-37-33-21-18-15-12-9-6-3/h16-17,19-20,22,24-30,34,36,53-55,59-60H,4-15,18,21,23,31-33,35,37-52H2,1-3H3,(H,58,61)/b19-16+,20-17-,24-22+,27-26+,29-25-,30-28+,36-34-. The van der Waals surface area contributed by atoms with Gasteiger partial charge in [0.05, 0.1) is 25.2 Å². The molecule has 362 valence electrons. The number of ether oxygens (including phenoxy) is 1. The van der Waals surface area contributed by atoms with Gasteiger partial charge in [0, 0.05) is 6.42 Å². The summed E-state index contributed by atoms with van der Waals surface area (Å²) in [4.78, 5) is 26.2. The van der Waals surface area contributed by atoms with Crippen LogP contribution in [0.5, 0.6) is 0 Å². The van der Waals surface area contributed by atoms with Crippen molar-refractivity contribution < 1.29 is 24.5 Å². The van der Waals surface area contributed by atoms with Crippen molar-refractivity contribution >= 4 is 11.9 Å². The molecule has 1 amide bonds. The highest BCUT2D eigenvalue weighted by Crippen LogP contribution is 2.17. The minimum atomic E-state index is -0.806. The van der Waals surface area contributed by atoms with Crippen LogP contribution in [0.25, 0.3) is 0 Å². The largest absolute Gasteiger partial charge is 0.462 e. The number of amides is 1. The average Bonchev–Trinajstić information content (AvgIpc) is 3.28. The average molecular weight is 878 g/mol. The molecule has 0 aliphatic heterocycles. The molecule has 0 saturated heterocycles. The molecular weight excluding hydrogens is 779 g/mol. The molecule has 6 heteroatoms. The first-order valence-corrected chi connectivity index (χ1v) is 26.4. The summed E-state index contributed by atoms with van der Waals surface area (Å²) < 4.78 is 5.91. The van der Waals surface area contributed by atoms with E-state index in [1.54, 1.807) is 0 Å². The van der Waals surface area contributed by atoms with Gasteiger partial charge >= 0.3 is 5.97 Å². The van der Waals surface area contributed by atoms with E-state index in [4.69, 9.17) is 4.74 Å². The van der Waals surface area contributed by atoms with Crippen molar-refractivity contribution in [2.45, 2.75) is 257 Å². The number of nitrogens with one attached hydrogen (secondary N) is 1. The maximum atomic E-state index is 13.2. The van der Waals surface area contributed by atoms with Gasteiger partial charge in [0.25, 0.3) is 0 Å². The van der Waals surface area contributed by atoms with E-state index in [0.717, 1.165) is 96.3 Å². The van der Waals surface area contributed by atoms with Crippen molar-refractivity contribution in [2.75, 3.05) is 6.61 Å². The Bertz CT molecular complexity index is 1210. The Morgan fingerprint density at radius 2 is 0.873 bits per heavy atom. The quantitative estimate of drug-likeness (QED) is 0.0245. The number of unbranched alkanes of at least 4 members (excludes halogenated alkanes) is 23. The van der Waals surface area contributed by atoms with E-state index in [-0.39, 0.29) is 24.9 Å². The highest BCUT2D eigenvalue weighted by atomic mass is 16.5. The number of aliphatic hydroxyl groups excluding tert-OH is 2. The molecule has 0 aliphatic carbocycles. The van der Waals surface area contributed by atoms with Gasteiger partial charge in [0.1, 0.15) is 6.10 Å². The Hall–Kier alpha value is -2.96. The van der Waals surface area contributed by atoms with Crippen molar-refractivity contribution in [3.05, 3.63) is 85.1 Å². The first-order chi connectivity index (χ1) is 31.0. The molecule has 6 nitrogen and oxygen atoms in total. The van der Waals surface area contributed by atoms with Crippen LogP contribution in [0.2, 0.25) is 0 Å². The van der Waals surface area contributed by atoms with Gasteiger partial charge in [0.2, 0.25) is 5.91 Å². The van der Waals surface area contributed by atoms with Gasteiger partial charge in [-0.3, -0.25) is 9.59 Å². The fourth-order valence-electron chi connectivity index (χ4n) is 7.51. The van der Waals surface area contributed by atoms with E-state index in [1.807, 2.05) is 0 Å². The topological polar surface area (TPSA) is 95.9 Å². The monoisotopic (exact) mass is 878 g/mol. The Morgan fingerprint density at radius 3 is 1.41 bits per heavy atom. The highest BCUT2D eigenvalue weighted by Gasteiger charge is 2.24. The van der Waals surface area contributed by atoms with Crippen LogP contribution in [-0.2, 0) is 14.3 Å². The molecule has 0 fully saturated rings. The van der Waals surface area contributed by atoms with Crippen LogP contribution >= 0.6 is 0 Å². The summed E-state index contributed by atoms with van der Waals surface area (Å²) in [6, 6.07) is -0.723. The molecule has 0 radical (unpaired) electrons. The Kier molecular flexibility index (Phi) is 47.7. The molecule has 3 unspecified atom stereocenters. The van der Waals surface area contributed by atoms with E-state index in [9.17, 15) is 19.8 Å². The fourth-order valence-corrected chi connectivity index (χ4v) is 7.51. The summed E-state index contributed by atoms with van der Waals surface area (Å²) in [5.74, 6) is -0.542. The van der Waals surface area contributed by atoms with Crippen molar-refractivity contribution in [1.82, 2.24) is 5.32 Å². The summed E-state index contributed by atoms with van der Waals surface area (Å²) in [5, 5.41) is 23.7. The maximum Gasteiger partial charge on any atom is 0.306 e. The molecule has 0 rings (SSSR count). The second-order valence-corrected chi connectivity index (χ2v) is 17.7. The predicted octanol–water partition coefficient (Wildman–Crippen LogP) is 16.0. The third kappa shape index (κ3) is 45.4. The van der Waals surface area contributed by atoms with Gasteiger partial charge in [-0.05, 0) is 89.9 Å². The zero-order chi connectivity index (χ0) is 45.9. The van der Waals surface area contributed by atoms with Crippen LogP contribution < -0.4 is 5.32 Å². The fraction of sp³-hybridized carbons (Fsp3) is 0.719. The number of aliphatic hydroxyl groups is 2. The summed E-state index contributed by atoms with van der Waals surface area (Å²) in [7, 11) is 0. The summed E-state index contributed by atoms with van der Waals surface area (Å²) in [6.07, 6.45) is 64.9. The molecule has 0 aromatic heterocycles. The number of allylic oxidation sites excluding steroid dienone is 14. The second-order valence-electron chi connectivity index (χ2n) is 17.7. The van der Waals surface area contributed by atoms with E-state index < -0.39 is 18.2 Å². The SMILES string of the molecule is CCCCC/C=C\C/C=C\C/C=C\CCCCC(CC(=O)NC(CO)C(O)CCCCCCCCCCCCC)OC(=O)CCCCCCC/C=C/C=C/C=C/C=C/CCCCC. The van der Waals surface area contributed by atoms with Crippen LogP contribution in [0.3, 0.4) is 0 Å². The van der Waals surface area contributed by atoms with Gasteiger partial charge in [-0.1, -0.05) is 221 Å². The Labute approximate surface area is 389 Å². The maximum absolute atomic E-state index is 13.2. The van der Waals surface area contributed by atoms with Crippen molar-refractivity contribution in [3.63, 3.8) is 0 Å². The second kappa shape index (κ2) is 50.0. The van der Waals surface area contributed by atoms with Gasteiger partial charge in [0.15, 0.2) is 0 Å². The number of hydrogen-bond acceptors (Lipinski definition) is 5. The van der Waals surface area contributed by atoms with Gasteiger partial charge in [-0.2, -0.15) is 0 Å². The summed E-state index contributed by atoms with van der Waals surface area (Å²) in [6.45, 7) is 6.39. The van der Waals surface area contributed by atoms with Gasteiger partial charge < -0.3 is 20.3 Å². The number of carbonyl (C=O) groups is 2. The van der Waals surface area contributed by atoms with E-state index in [2.05, 4.69) is 111 Å². The smallest absolute Gasteiger partial charge is 0.306 e. The number of hydrogen-bond donors (Lipinski definition) is 3. The van der Waals surface area contributed by atoms with Crippen LogP contribution in [0, 0.1) is 0 Å². The molecule has 0 bridgehead atoms. The zero-order valence-electron chi connectivity index (χ0n) is 41.2. The van der Waals surface area contributed by atoms with E-state index >= 15 is 0 Å². The number of rotatable bonds is 46. The summed E-state index contributed by atoms with van der Waals surface area (Å²) >= 11 is 0. The minimum Gasteiger partial charge on any atom is -0.462 e. The first-order valence-electron chi connectivity index (χ1n) is 26.4. The number of carbonyl (C=O) groups excluding carboxylic acids is 2. The van der Waals surface area contributed by atoms with Crippen LogP contribution in [0.4, 0.5) is 0 Å². The third-order valence-corrected chi connectivity index (χ3v) is 11.5. The molecule has 3 N–H and O–H groups in total. The van der Waals surface area contributed by atoms with Crippen molar-refractivity contribution in [2.24, 2.45) is 0 Å². The molecule has 0 spiro atoms. The molecule has 63 heavy (non-hydrogen) atoms. The first kappa shape index (κ1) is 60.0. The predicted molar refractivity (Wildman–Crippen MR) is 273 cm³/mol. The Balaban J connectivity index is 4.71. The van der Waals surface area contributed by atoms with Gasteiger partial charge in [-0.15, -0.1) is 0 Å². The Morgan fingerprint density at radius 1 is 0.476 bits per heavy atom. The molecule has 0 heterocycles. The molecule has 0 aromatic rings. The van der Waals surface area contributed by atoms with Crippen LogP contribution in [0.1, 0.15) is 239 Å². The lowest BCUT2D eigenvalue weighted by Crippen LogP contribution is -2.46. The summed E-state index contributed by atoms with van der Waals surface area (Å²) in [5.41, 5.74) is 0. The zero-order valence-corrected chi connectivity index (χ0v) is 41.2. The van der Waals surface area contributed by atoms with Crippen molar-refractivity contribution in [1.29, 1.82) is 0 Å². The highest BCUT2D eigenvalue weighted by molar-refractivity contribution is 5.77. The lowest BCUT2D eigenvalue weighted by atomic mass is 10.0. The van der Waals surface area contributed by atoms with Gasteiger partial charge in [-0.25, -0.2) is 0 Å². The van der Waals surface area contributed by atoms with Crippen molar-refractivity contribution in [3.8, 4) is 0 Å².